The molecule has 7 heteroatoms. The highest BCUT2D eigenvalue weighted by Gasteiger charge is 2.13. The van der Waals surface area contributed by atoms with Crippen LogP contribution in [-0.4, -0.2) is 42.2 Å². The average Bonchev–Trinajstić information content (AvgIpc) is 3.11. The van der Waals surface area contributed by atoms with Crippen molar-refractivity contribution in [1.82, 2.24) is 9.66 Å². The van der Waals surface area contributed by atoms with Gasteiger partial charge in [0.2, 0.25) is 0 Å². The first-order valence-electron chi connectivity index (χ1n) is 8.18. The molecule has 6 nitrogen and oxygen atoms in total. The number of aromatic nitrogens is 2. The Morgan fingerprint density at radius 2 is 2.00 bits per heavy atom. The number of anilines is 1. The van der Waals surface area contributed by atoms with Crippen molar-refractivity contribution < 1.29 is 4.74 Å². The molecule has 25 heavy (non-hydrogen) atoms. The van der Waals surface area contributed by atoms with Crippen molar-refractivity contribution in [3.05, 3.63) is 57.5 Å². The van der Waals surface area contributed by atoms with Crippen LogP contribution in [0.4, 0.5) is 5.00 Å². The molecule has 3 heterocycles. The van der Waals surface area contributed by atoms with E-state index in [0.717, 1.165) is 31.2 Å². The number of para-hydroxylation sites is 1. The van der Waals surface area contributed by atoms with Crippen molar-refractivity contribution in [2.45, 2.75) is 6.92 Å². The Morgan fingerprint density at radius 3 is 2.84 bits per heavy atom. The number of morpholine rings is 1. The van der Waals surface area contributed by atoms with Crippen LogP contribution in [0.5, 0.6) is 0 Å². The highest BCUT2D eigenvalue weighted by atomic mass is 32.1. The first-order chi connectivity index (χ1) is 12.2. The lowest BCUT2D eigenvalue weighted by Crippen LogP contribution is -2.35. The van der Waals surface area contributed by atoms with Crippen LogP contribution < -0.4 is 10.5 Å². The number of aryl methyl sites for hydroxylation is 1. The van der Waals surface area contributed by atoms with Crippen LogP contribution in [0.15, 0.2) is 46.3 Å². The summed E-state index contributed by atoms with van der Waals surface area (Å²) in [6.45, 7) is 5.13. The molecule has 0 atom stereocenters. The second-order valence-corrected chi connectivity index (χ2v) is 6.91. The minimum absolute atomic E-state index is 0.149. The van der Waals surface area contributed by atoms with E-state index in [1.165, 1.54) is 9.68 Å². The molecular weight excluding hydrogens is 336 g/mol. The van der Waals surface area contributed by atoms with Gasteiger partial charge in [-0.3, -0.25) is 4.79 Å². The first-order valence-corrected chi connectivity index (χ1v) is 8.99. The average molecular weight is 354 g/mol. The summed E-state index contributed by atoms with van der Waals surface area (Å²) in [7, 11) is 0. The maximum atomic E-state index is 12.6. The van der Waals surface area contributed by atoms with Gasteiger partial charge in [-0.25, -0.2) is 4.98 Å². The largest absolute Gasteiger partial charge is 0.378 e. The summed E-state index contributed by atoms with van der Waals surface area (Å²) < 4.78 is 6.74. The quantitative estimate of drug-likeness (QED) is 0.678. The summed E-state index contributed by atoms with van der Waals surface area (Å²) >= 11 is 1.66. The van der Waals surface area contributed by atoms with E-state index in [-0.39, 0.29) is 5.56 Å². The molecule has 128 valence electrons. The van der Waals surface area contributed by atoms with E-state index in [1.807, 2.05) is 24.3 Å². The third-order valence-electron chi connectivity index (χ3n) is 4.15. The molecule has 3 aromatic rings. The number of ether oxygens (including phenoxy) is 1. The van der Waals surface area contributed by atoms with E-state index >= 15 is 0 Å². The fourth-order valence-electron chi connectivity index (χ4n) is 2.85. The summed E-state index contributed by atoms with van der Waals surface area (Å²) in [5.41, 5.74) is 0.548. The topological polar surface area (TPSA) is 59.7 Å². The van der Waals surface area contributed by atoms with E-state index in [4.69, 9.17) is 4.74 Å². The van der Waals surface area contributed by atoms with Gasteiger partial charge < -0.3 is 9.64 Å². The predicted octanol–water partition coefficient (Wildman–Crippen LogP) is 2.49. The van der Waals surface area contributed by atoms with Crippen molar-refractivity contribution in [2.24, 2.45) is 5.10 Å². The number of thiophene rings is 1. The molecule has 0 radical (unpaired) electrons. The van der Waals surface area contributed by atoms with Crippen molar-refractivity contribution in [2.75, 3.05) is 31.2 Å². The molecular formula is C18H18N4O2S. The van der Waals surface area contributed by atoms with Gasteiger partial charge in [0.25, 0.3) is 5.56 Å². The van der Waals surface area contributed by atoms with Gasteiger partial charge in [0.15, 0.2) is 0 Å². The molecule has 0 bridgehead atoms. The Labute approximate surface area is 149 Å². The smallest absolute Gasteiger partial charge is 0.282 e. The van der Waals surface area contributed by atoms with Crippen molar-refractivity contribution in [3.8, 4) is 0 Å². The van der Waals surface area contributed by atoms with Gasteiger partial charge in [-0.15, -0.1) is 11.3 Å². The Hall–Kier alpha value is -2.51. The molecule has 1 aromatic carbocycles. The van der Waals surface area contributed by atoms with Gasteiger partial charge in [0.1, 0.15) is 5.82 Å². The van der Waals surface area contributed by atoms with E-state index < -0.39 is 0 Å². The summed E-state index contributed by atoms with van der Waals surface area (Å²) in [4.78, 5) is 20.4. The summed E-state index contributed by atoms with van der Waals surface area (Å²) in [6.07, 6.45) is 1.72. The first kappa shape index (κ1) is 16.0. The van der Waals surface area contributed by atoms with E-state index in [9.17, 15) is 4.79 Å². The molecule has 0 unspecified atom stereocenters. The molecule has 0 aliphatic carbocycles. The van der Waals surface area contributed by atoms with E-state index in [1.54, 1.807) is 30.5 Å². The van der Waals surface area contributed by atoms with Gasteiger partial charge in [-0.2, -0.15) is 9.78 Å². The molecule has 0 N–H and O–H groups in total. The molecule has 1 aliphatic rings. The number of rotatable bonds is 3. The lowest BCUT2D eigenvalue weighted by molar-refractivity contribution is 0.123. The zero-order valence-electron chi connectivity index (χ0n) is 13.9. The second-order valence-electron chi connectivity index (χ2n) is 5.81. The van der Waals surface area contributed by atoms with Gasteiger partial charge >= 0.3 is 0 Å². The maximum Gasteiger partial charge on any atom is 0.282 e. The monoisotopic (exact) mass is 354 g/mol. The van der Waals surface area contributed by atoms with Crippen LogP contribution in [-0.2, 0) is 4.74 Å². The van der Waals surface area contributed by atoms with Crippen molar-refractivity contribution in [1.29, 1.82) is 0 Å². The van der Waals surface area contributed by atoms with Crippen molar-refractivity contribution >= 4 is 33.5 Å². The number of hydrogen-bond acceptors (Lipinski definition) is 6. The normalized spacial score (nSPS) is 15.3. The maximum absolute atomic E-state index is 12.6. The van der Waals surface area contributed by atoms with Crippen LogP contribution in [0.2, 0.25) is 0 Å². The molecule has 2 aromatic heterocycles. The zero-order valence-corrected chi connectivity index (χ0v) is 14.7. The fourth-order valence-corrected chi connectivity index (χ4v) is 3.78. The highest BCUT2D eigenvalue weighted by molar-refractivity contribution is 7.17. The Bertz CT molecular complexity index is 986. The van der Waals surface area contributed by atoms with E-state index in [2.05, 4.69) is 21.1 Å². The number of hydrogen-bond donors (Lipinski definition) is 0. The number of benzene rings is 1. The number of nitrogens with zero attached hydrogens (tertiary/aromatic N) is 4. The summed E-state index contributed by atoms with van der Waals surface area (Å²) in [5, 5.41) is 6.14. The van der Waals surface area contributed by atoms with Crippen LogP contribution in [0.1, 0.15) is 10.7 Å². The molecule has 1 saturated heterocycles. The second kappa shape index (κ2) is 6.78. The van der Waals surface area contributed by atoms with Crippen LogP contribution in [0.3, 0.4) is 0 Å². The number of fused-ring (bicyclic) bond motifs is 1. The van der Waals surface area contributed by atoms with Crippen molar-refractivity contribution in [3.63, 3.8) is 0 Å². The molecule has 1 aliphatic heterocycles. The predicted molar refractivity (Wildman–Crippen MR) is 101 cm³/mol. The zero-order chi connectivity index (χ0) is 17.2. The lowest BCUT2D eigenvalue weighted by Gasteiger charge is -2.27. The highest BCUT2D eigenvalue weighted by Crippen LogP contribution is 2.25. The molecule has 1 fully saturated rings. The summed E-state index contributed by atoms with van der Waals surface area (Å²) in [5.74, 6) is 0.574. The molecule has 0 saturated carbocycles. The van der Waals surface area contributed by atoms with Crippen LogP contribution in [0, 0.1) is 6.92 Å². The Balaban J connectivity index is 1.63. The summed E-state index contributed by atoms with van der Waals surface area (Å²) in [6, 6.07) is 11.4. The minimum atomic E-state index is -0.149. The molecule has 4 rings (SSSR count). The lowest BCUT2D eigenvalue weighted by atomic mass is 10.2. The van der Waals surface area contributed by atoms with Crippen LogP contribution in [0.25, 0.3) is 10.9 Å². The van der Waals surface area contributed by atoms with E-state index in [0.29, 0.717) is 16.7 Å². The van der Waals surface area contributed by atoms with Gasteiger partial charge in [0.05, 0.1) is 35.3 Å². The minimum Gasteiger partial charge on any atom is -0.378 e. The van der Waals surface area contributed by atoms with Crippen LogP contribution >= 0.6 is 11.3 Å². The molecule has 0 amide bonds. The third-order valence-corrected chi connectivity index (χ3v) is 5.23. The SMILES string of the molecule is Cc1nc2ccccc2c(=O)n1/N=C\c1ccc(N2CCOCC2)s1. The third kappa shape index (κ3) is 3.20. The standard InChI is InChI=1S/C18H18N4O2S/c1-13-20-16-5-3-2-4-15(16)18(23)22(13)19-12-14-6-7-17(25-14)21-8-10-24-11-9-21/h2-7,12H,8-11H2,1H3/b19-12-. The molecule has 0 spiro atoms. The van der Waals surface area contributed by atoms with Gasteiger partial charge in [-0.05, 0) is 31.2 Å². The fraction of sp³-hybridized carbons (Fsp3) is 0.278. The Kier molecular flexibility index (Phi) is 4.33. The van der Waals surface area contributed by atoms with Gasteiger partial charge in [0, 0.05) is 18.0 Å². The Morgan fingerprint density at radius 1 is 1.20 bits per heavy atom. The van der Waals surface area contributed by atoms with Gasteiger partial charge in [-0.1, -0.05) is 12.1 Å².